The van der Waals surface area contributed by atoms with Crippen LogP contribution in [0.4, 0.5) is 0 Å². The number of nitriles is 1. The third-order valence-electron chi connectivity index (χ3n) is 4.76. The van der Waals surface area contributed by atoms with Gasteiger partial charge in [0.05, 0.1) is 24.6 Å². The van der Waals surface area contributed by atoms with Gasteiger partial charge in [-0.25, -0.2) is 0 Å². The molecule has 0 N–H and O–H groups in total. The SMILES string of the molecule is CCN(CC(C)C#N)C(=O)CN1CCN(CC2CCCO2)CC1. The Morgan fingerprint density at radius 3 is 2.61 bits per heavy atom. The van der Waals surface area contributed by atoms with E-state index in [4.69, 9.17) is 10.00 Å². The number of carbonyl (C=O) groups is 1. The van der Waals surface area contributed by atoms with Crippen LogP contribution < -0.4 is 0 Å². The maximum atomic E-state index is 12.4. The Morgan fingerprint density at radius 2 is 2.04 bits per heavy atom. The van der Waals surface area contributed by atoms with Gasteiger partial charge in [-0.3, -0.25) is 14.6 Å². The van der Waals surface area contributed by atoms with Crippen LogP contribution in [0.25, 0.3) is 0 Å². The molecule has 2 rings (SSSR count). The van der Waals surface area contributed by atoms with Crippen LogP contribution in [0.1, 0.15) is 26.7 Å². The summed E-state index contributed by atoms with van der Waals surface area (Å²) < 4.78 is 5.70. The molecule has 2 fully saturated rings. The zero-order valence-corrected chi connectivity index (χ0v) is 14.5. The van der Waals surface area contributed by atoms with E-state index in [-0.39, 0.29) is 11.8 Å². The van der Waals surface area contributed by atoms with E-state index in [1.807, 2.05) is 13.8 Å². The van der Waals surface area contributed by atoms with Crippen LogP contribution in [-0.2, 0) is 9.53 Å². The van der Waals surface area contributed by atoms with Crippen molar-refractivity contribution in [2.24, 2.45) is 5.92 Å². The molecular formula is C17H30N4O2. The monoisotopic (exact) mass is 322 g/mol. The lowest BCUT2D eigenvalue weighted by atomic mass is 10.2. The lowest BCUT2D eigenvalue weighted by molar-refractivity contribution is -0.133. The van der Waals surface area contributed by atoms with E-state index in [1.54, 1.807) is 4.90 Å². The first-order valence-corrected chi connectivity index (χ1v) is 8.86. The van der Waals surface area contributed by atoms with Gasteiger partial charge in [0.25, 0.3) is 0 Å². The van der Waals surface area contributed by atoms with Gasteiger partial charge in [0.2, 0.25) is 5.91 Å². The Morgan fingerprint density at radius 1 is 1.35 bits per heavy atom. The standard InChI is InChI=1S/C17H30N4O2/c1-3-21(12-15(2)11-18)17(22)14-20-8-6-19(7-9-20)13-16-5-4-10-23-16/h15-16H,3-10,12-14H2,1-2H3. The Bertz CT molecular complexity index is 409. The highest BCUT2D eigenvalue weighted by Gasteiger charge is 2.25. The molecule has 0 aromatic carbocycles. The van der Waals surface area contributed by atoms with Gasteiger partial charge in [0, 0.05) is 52.4 Å². The van der Waals surface area contributed by atoms with E-state index in [0.717, 1.165) is 39.3 Å². The first-order chi connectivity index (χ1) is 11.1. The van der Waals surface area contributed by atoms with Crippen LogP contribution in [0.3, 0.4) is 0 Å². The van der Waals surface area contributed by atoms with Crippen LogP contribution in [0.2, 0.25) is 0 Å². The quantitative estimate of drug-likeness (QED) is 0.693. The molecule has 0 aromatic rings. The molecular weight excluding hydrogens is 292 g/mol. The van der Waals surface area contributed by atoms with Crippen molar-refractivity contribution < 1.29 is 9.53 Å². The van der Waals surface area contributed by atoms with Gasteiger partial charge in [-0.05, 0) is 26.7 Å². The predicted octanol–water partition coefficient (Wildman–Crippen LogP) is 0.791. The van der Waals surface area contributed by atoms with E-state index in [2.05, 4.69) is 15.9 Å². The van der Waals surface area contributed by atoms with Crippen molar-refractivity contribution in [2.75, 3.05) is 59.0 Å². The molecule has 0 aliphatic carbocycles. The molecule has 0 bridgehead atoms. The zero-order chi connectivity index (χ0) is 16.7. The number of nitrogens with zero attached hydrogens (tertiary/aromatic N) is 4. The van der Waals surface area contributed by atoms with Crippen LogP contribution in [-0.4, -0.2) is 85.7 Å². The number of hydrogen-bond acceptors (Lipinski definition) is 5. The summed E-state index contributed by atoms with van der Waals surface area (Å²) in [5, 5.41) is 8.91. The normalized spacial score (nSPS) is 24.3. The number of carbonyl (C=O) groups excluding carboxylic acids is 1. The highest BCUT2D eigenvalue weighted by Crippen LogP contribution is 2.14. The van der Waals surface area contributed by atoms with Crippen molar-refractivity contribution >= 4 is 5.91 Å². The Balaban J connectivity index is 1.70. The lowest BCUT2D eigenvalue weighted by Crippen LogP contribution is -2.51. The Kier molecular flexibility index (Phi) is 7.28. The summed E-state index contributed by atoms with van der Waals surface area (Å²) >= 11 is 0. The number of amides is 1. The summed E-state index contributed by atoms with van der Waals surface area (Å²) in [6.45, 7) is 11.3. The van der Waals surface area contributed by atoms with E-state index < -0.39 is 0 Å². The van der Waals surface area contributed by atoms with Gasteiger partial charge < -0.3 is 9.64 Å². The first kappa shape index (κ1) is 18.2. The number of ether oxygens (including phenoxy) is 1. The molecule has 6 heteroatoms. The van der Waals surface area contributed by atoms with Gasteiger partial charge in [-0.2, -0.15) is 5.26 Å². The minimum atomic E-state index is -0.109. The Hall–Kier alpha value is -1.16. The molecule has 1 amide bonds. The summed E-state index contributed by atoms with van der Waals surface area (Å²) in [6, 6.07) is 2.20. The molecule has 23 heavy (non-hydrogen) atoms. The first-order valence-electron chi connectivity index (χ1n) is 8.86. The molecule has 2 unspecified atom stereocenters. The number of piperazine rings is 1. The molecule has 2 atom stereocenters. The fourth-order valence-corrected chi connectivity index (χ4v) is 3.28. The summed E-state index contributed by atoms with van der Waals surface area (Å²) in [4.78, 5) is 18.9. The third kappa shape index (κ3) is 5.76. The van der Waals surface area contributed by atoms with Crippen molar-refractivity contribution in [3.05, 3.63) is 0 Å². The van der Waals surface area contributed by atoms with E-state index in [1.165, 1.54) is 12.8 Å². The van der Waals surface area contributed by atoms with Gasteiger partial charge in [0.15, 0.2) is 0 Å². The average molecular weight is 322 g/mol. The van der Waals surface area contributed by atoms with E-state index >= 15 is 0 Å². The number of rotatable bonds is 7. The average Bonchev–Trinajstić information content (AvgIpc) is 3.07. The highest BCUT2D eigenvalue weighted by atomic mass is 16.5. The predicted molar refractivity (Wildman–Crippen MR) is 88.9 cm³/mol. The van der Waals surface area contributed by atoms with Crippen molar-refractivity contribution in [1.82, 2.24) is 14.7 Å². The number of likely N-dealkylation sites (N-methyl/N-ethyl adjacent to an activating group) is 1. The summed E-state index contributed by atoms with van der Waals surface area (Å²) in [5.74, 6) is 0.0318. The van der Waals surface area contributed by atoms with E-state index in [0.29, 0.717) is 25.7 Å². The van der Waals surface area contributed by atoms with E-state index in [9.17, 15) is 4.79 Å². The molecule has 2 heterocycles. The molecule has 2 saturated heterocycles. The van der Waals surface area contributed by atoms with Crippen molar-refractivity contribution in [3.63, 3.8) is 0 Å². The summed E-state index contributed by atoms with van der Waals surface area (Å²) in [5.41, 5.74) is 0. The van der Waals surface area contributed by atoms with Gasteiger partial charge in [0.1, 0.15) is 0 Å². The molecule has 2 aliphatic heterocycles. The van der Waals surface area contributed by atoms with Crippen molar-refractivity contribution in [3.8, 4) is 6.07 Å². The molecule has 6 nitrogen and oxygen atoms in total. The lowest BCUT2D eigenvalue weighted by Gasteiger charge is -2.36. The smallest absolute Gasteiger partial charge is 0.236 e. The summed E-state index contributed by atoms with van der Waals surface area (Å²) in [7, 11) is 0. The highest BCUT2D eigenvalue weighted by molar-refractivity contribution is 5.78. The maximum absolute atomic E-state index is 12.4. The van der Waals surface area contributed by atoms with Crippen LogP contribution in [0.5, 0.6) is 0 Å². The van der Waals surface area contributed by atoms with Crippen LogP contribution >= 0.6 is 0 Å². The van der Waals surface area contributed by atoms with Crippen molar-refractivity contribution in [1.29, 1.82) is 5.26 Å². The molecule has 0 spiro atoms. The molecule has 130 valence electrons. The Labute approximate surface area is 140 Å². The minimum Gasteiger partial charge on any atom is -0.377 e. The van der Waals surface area contributed by atoms with Crippen molar-refractivity contribution in [2.45, 2.75) is 32.8 Å². The topological polar surface area (TPSA) is 59.8 Å². The largest absolute Gasteiger partial charge is 0.377 e. The van der Waals surface area contributed by atoms with Gasteiger partial charge in [-0.1, -0.05) is 0 Å². The molecule has 0 radical (unpaired) electrons. The van der Waals surface area contributed by atoms with Gasteiger partial charge in [-0.15, -0.1) is 0 Å². The van der Waals surface area contributed by atoms with Crippen LogP contribution in [0.15, 0.2) is 0 Å². The third-order valence-corrected chi connectivity index (χ3v) is 4.76. The second-order valence-corrected chi connectivity index (χ2v) is 6.67. The summed E-state index contributed by atoms with van der Waals surface area (Å²) in [6.07, 6.45) is 2.78. The van der Waals surface area contributed by atoms with Gasteiger partial charge >= 0.3 is 0 Å². The fourth-order valence-electron chi connectivity index (χ4n) is 3.28. The number of hydrogen-bond donors (Lipinski definition) is 0. The fraction of sp³-hybridized carbons (Fsp3) is 0.882. The molecule has 2 aliphatic rings. The zero-order valence-electron chi connectivity index (χ0n) is 14.5. The second-order valence-electron chi connectivity index (χ2n) is 6.67. The molecule has 0 aromatic heterocycles. The molecule has 0 saturated carbocycles. The maximum Gasteiger partial charge on any atom is 0.236 e. The van der Waals surface area contributed by atoms with Crippen LogP contribution in [0, 0.1) is 17.2 Å². The second kappa shape index (κ2) is 9.21. The minimum absolute atomic E-state index is 0.109.